The van der Waals surface area contributed by atoms with Gasteiger partial charge in [-0.25, -0.2) is 9.59 Å². The van der Waals surface area contributed by atoms with Crippen LogP contribution in [0.2, 0.25) is 0 Å². The summed E-state index contributed by atoms with van der Waals surface area (Å²) >= 11 is 0. The average molecular weight is 433 g/mol. The lowest BCUT2D eigenvalue weighted by molar-refractivity contribution is 0.0599. The lowest BCUT2D eigenvalue weighted by Crippen LogP contribution is -2.23. The highest BCUT2D eigenvalue weighted by molar-refractivity contribution is 5.94. The average Bonchev–Trinajstić information content (AvgIpc) is 2.84. The molecule has 3 aromatic rings. The Labute approximate surface area is 188 Å². The largest absolute Gasteiger partial charge is 0.497 e. The summed E-state index contributed by atoms with van der Waals surface area (Å²) in [5.41, 5.74) is 2.91. The summed E-state index contributed by atoms with van der Waals surface area (Å²) in [5, 5.41) is 0. The van der Waals surface area contributed by atoms with Gasteiger partial charge in [-0.3, -0.25) is 0 Å². The van der Waals surface area contributed by atoms with E-state index in [4.69, 9.17) is 9.47 Å². The molecule has 32 heavy (non-hydrogen) atoms. The van der Waals surface area contributed by atoms with E-state index < -0.39 is 11.9 Å². The number of benzene rings is 3. The molecular weight excluding hydrogens is 404 g/mol. The maximum Gasteiger partial charge on any atom is 0.343 e. The Balaban J connectivity index is 1.77. The van der Waals surface area contributed by atoms with E-state index >= 15 is 0 Å². The van der Waals surface area contributed by atoms with Gasteiger partial charge in [0.1, 0.15) is 11.5 Å². The third-order valence-corrected chi connectivity index (χ3v) is 5.72. The first kappa shape index (κ1) is 23.1. The van der Waals surface area contributed by atoms with Gasteiger partial charge in [0, 0.05) is 5.41 Å². The fourth-order valence-electron chi connectivity index (χ4n) is 3.83. The lowest BCUT2D eigenvalue weighted by Gasteiger charge is -2.31. The first-order chi connectivity index (χ1) is 15.4. The molecule has 1 unspecified atom stereocenters. The molecule has 0 N–H and O–H groups in total. The third-order valence-electron chi connectivity index (χ3n) is 5.72. The van der Waals surface area contributed by atoms with Gasteiger partial charge in [-0.2, -0.15) is 0 Å². The van der Waals surface area contributed by atoms with Gasteiger partial charge in [0.2, 0.25) is 0 Å². The van der Waals surface area contributed by atoms with Crippen molar-refractivity contribution in [2.45, 2.75) is 32.1 Å². The minimum atomic E-state index is -0.486. The molecule has 1 atom stereocenters. The number of hydrogen-bond donors (Lipinski definition) is 0. The quantitative estimate of drug-likeness (QED) is 0.332. The molecule has 0 saturated carbocycles. The minimum absolute atomic E-state index is 0.173. The summed E-state index contributed by atoms with van der Waals surface area (Å²) < 4.78 is 15.5. The summed E-state index contributed by atoms with van der Waals surface area (Å²) in [6, 6.07) is 22.0. The van der Waals surface area contributed by atoms with Crippen molar-refractivity contribution in [3.8, 4) is 11.5 Å². The molecular formula is C27H28O5. The SMILES string of the molecule is CCCC(C)(c1ccc(OC)cc1)c1ccc(OC(=O)c2ccc(C(=O)OC)cc2)cc1. The number of carbonyl (C=O) groups excluding carboxylic acids is 2. The highest BCUT2D eigenvalue weighted by Gasteiger charge is 2.28. The van der Waals surface area contributed by atoms with Crippen LogP contribution in [0.3, 0.4) is 0 Å². The Morgan fingerprint density at radius 1 is 0.719 bits per heavy atom. The molecule has 166 valence electrons. The summed E-state index contributed by atoms with van der Waals surface area (Å²) in [5.74, 6) is 0.354. The van der Waals surface area contributed by atoms with Crippen molar-refractivity contribution in [1.29, 1.82) is 0 Å². The third kappa shape index (κ3) is 4.99. The second-order valence-electron chi connectivity index (χ2n) is 7.79. The molecule has 0 saturated heterocycles. The highest BCUT2D eigenvalue weighted by Crippen LogP contribution is 2.37. The molecule has 0 aromatic heterocycles. The number of methoxy groups -OCH3 is 2. The fourth-order valence-corrected chi connectivity index (χ4v) is 3.83. The Hall–Kier alpha value is -3.60. The van der Waals surface area contributed by atoms with Gasteiger partial charge in [0.05, 0.1) is 25.3 Å². The van der Waals surface area contributed by atoms with Crippen LogP contribution in [0.15, 0.2) is 72.8 Å². The fraction of sp³-hybridized carbons (Fsp3) is 0.259. The molecule has 3 rings (SSSR count). The maximum absolute atomic E-state index is 12.5. The summed E-state index contributed by atoms with van der Waals surface area (Å²) in [7, 11) is 2.97. The zero-order valence-corrected chi connectivity index (χ0v) is 18.9. The Morgan fingerprint density at radius 2 is 1.19 bits per heavy atom. The number of hydrogen-bond acceptors (Lipinski definition) is 5. The zero-order chi connectivity index (χ0) is 23.1. The van der Waals surface area contributed by atoms with Crippen molar-refractivity contribution in [2.75, 3.05) is 14.2 Å². The van der Waals surface area contributed by atoms with E-state index in [1.165, 1.54) is 24.8 Å². The van der Waals surface area contributed by atoms with E-state index in [0.29, 0.717) is 16.9 Å². The van der Waals surface area contributed by atoms with Gasteiger partial charge >= 0.3 is 11.9 Å². The van der Waals surface area contributed by atoms with Crippen LogP contribution >= 0.6 is 0 Å². The predicted octanol–water partition coefficient (Wildman–Crippen LogP) is 5.81. The molecule has 0 heterocycles. The van der Waals surface area contributed by atoms with Gasteiger partial charge in [-0.05, 0) is 66.1 Å². The van der Waals surface area contributed by atoms with E-state index in [9.17, 15) is 9.59 Å². The van der Waals surface area contributed by atoms with E-state index in [1.54, 1.807) is 19.2 Å². The molecule has 0 aliphatic heterocycles. The van der Waals surface area contributed by atoms with E-state index in [1.807, 2.05) is 36.4 Å². The number of rotatable bonds is 8. The first-order valence-corrected chi connectivity index (χ1v) is 10.6. The van der Waals surface area contributed by atoms with Gasteiger partial charge in [-0.1, -0.05) is 44.5 Å². The molecule has 5 nitrogen and oxygen atoms in total. The van der Waals surface area contributed by atoms with Crippen molar-refractivity contribution in [3.05, 3.63) is 95.1 Å². The molecule has 0 aliphatic carbocycles. The van der Waals surface area contributed by atoms with Crippen molar-refractivity contribution in [2.24, 2.45) is 0 Å². The van der Waals surface area contributed by atoms with Crippen molar-refractivity contribution in [3.63, 3.8) is 0 Å². The Bertz CT molecular complexity index is 1050. The minimum Gasteiger partial charge on any atom is -0.497 e. The Morgan fingerprint density at radius 3 is 1.62 bits per heavy atom. The summed E-state index contributed by atoms with van der Waals surface area (Å²) in [6.45, 7) is 4.39. The molecule has 0 amide bonds. The predicted molar refractivity (Wildman–Crippen MR) is 124 cm³/mol. The smallest absolute Gasteiger partial charge is 0.343 e. The molecule has 0 bridgehead atoms. The van der Waals surface area contributed by atoms with Gasteiger partial charge in [-0.15, -0.1) is 0 Å². The number of esters is 2. The monoisotopic (exact) mass is 432 g/mol. The zero-order valence-electron chi connectivity index (χ0n) is 18.9. The van der Waals surface area contributed by atoms with Crippen molar-refractivity contribution < 1.29 is 23.8 Å². The molecule has 3 aromatic carbocycles. The van der Waals surface area contributed by atoms with E-state index in [2.05, 4.69) is 30.7 Å². The normalized spacial score (nSPS) is 12.5. The molecule has 0 spiro atoms. The molecule has 0 aliphatic rings. The van der Waals surface area contributed by atoms with Crippen LogP contribution in [-0.2, 0) is 10.2 Å². The molecule has 0 radical (unpaired) electrons. The van der Waals surface area contributed by atoms with Crippen LogP contribution in [0.4, 0.5) is 0 Å². The summed E-state index contributed by atoms with van der Waals surface area (Å²) in [6.07, 6.45) is 2.01. The van der Waals surface area contributed by atoms with E-state index in [0.717, 1.165) is 24.2 Å². The van der Waals surface area contributed by atoms with Crippen LogP contribution < -0.4 is 9.47 Å². The second kappa shape index (κ2) is 10.1. The Kier molecular flexibility index (Phi) is 7.31. The lowest BCUT2D eigenvalue weighted by atomic mass is 9.73. The van der Waals surface area contributed by atoms with Crippen LogP contribution in [0.25, 0.3) is 0 Å². The summed E-state index contributed by atoms with van der Waals surface area (Å²) in [4.78, 5) is 24.0. The standard InChI is InChI=1S/C27H28O5/c1-5-18-27(2,21-10-14-23(30-3)15-11-21)22-12-16-24(17-13-22)32-26(29)20-8-6-19(7-9-20)25(28)31-4/h6-17H,5,18H2,1-4H3. The van der Waals surface area contributed by atoms with Crippen molar-refractivity contribution >= 4 is 11.9 Å². The van der Waals surface area contributed by atoms with Gasteiger partial charge in [0.15, 0.2) is 0 Å². The molecule has 0 fully saturated rings. The first-order valence-electron chi connectivity index (χ1n) is 10.6. The number of ether oxygens (including phenoxy) is 3. The second-order valence-corrected chi connectivity index (χ2v) is 7.79. The topological polar surface area (TPSA) is 61.8 Å². The highest BCUT2D eigenvalue weighted by atomic mass is 16.5. The molecule has 5 heteroatoms. The van der Waals surface area contributed by atoms with Crippen LogP contribution in [0, 0.1) is 0 Å². The van der Waals surface area contributed by atoms with E-state index in [-0.39, 0.29) is 5.41 Å². The van der Waals surface area contributed by atoms with Gasteiger partial charge in [0.25, 0.3) is 0 Å². The van der Waals surface area contributed by atoms with Crippen LogP contribution in [-0.4, -0.2) is 26.2 Å². The maximum atomic E-state index is 12.5. The van der Waals surface area contributed by atoms with Crippen molar-refractivity contribution in [1.82, 2.24) is 0 Å². The van der Waals surface area contributed by atoms with Crippen LogP contribution in [0.5, 0.6) is 11.5 Å². The number of carbonyl (C=O) groups is 2. The van der Waals surface area contributed by atoms with Gasteiger partial charge < -0.3 is 14.2 Å². The van der Waals surface area contributed by atoms with Crippen LogP contribution in [0.1, 0.15) is 58.5 Å².